The number of carbonyl (C=O) groups is 1. The monoisotopic (exact) mass is 198 g/mol. The van der Waals surface area contributed by atoms with Gasteiger partial charge in [0.25, 0.3) is 0 Å². The Morgan fingerprint density at radius 2 is 2.00 bits per heavy atom. The van der Waals surface area contributed by atoms with Crippen molar-refractivity contribution in [1.29, 1.82) is 0 Å². The van der Waals surface area contributed by atoms with Crippen LogP contribution in [0.3, 0.4) is 0 Å². The summed E-state index contributed by atoms with van der Waals surface area (Å²) in [5.74, 6) is 0.847. The number of ether oxygens (including phenoxy) is 1. The average Bonchev–Trinajstić information content (AvgIpc) is 2.19. The number of rotatable bonds is 4. The third-order valence-corrected chi connectivity index (χ3v) is 3.10. The van der Waals surface area contributed by atoms with Gasteiger partial charge in [-0.15, -0.1) is 0 Å². The van der Waals surface area contributed by atoms with Gasteiger partial charge < -0.3 is 4.74 Å². The van der Waals surface area contributed by atoms with Gasteiger partial charge in [0.2, 0.25) is 0 Å². The van der Waals surface area contributed by atoms with E-state index < -0.39 is 0 Å². The molecule has 0 amide bonds. The first-order valence-electron chi connectivity index (χ1n) is 5.90. The zero-order valence-corrected chi connectivity index (χ0v) is 9.42. The van der Waals surface area contributed by atoms with Crippen LogP contribution in [0.2, 0.25) is 0 Å². The van der Waals surface area contributed by atoms with Crippen molar-refractivity contribution in [2.45, 2.75) is 52.4 Å². The third-order valence-electron chi connectivity index (χ3n) is 3.10. The zero-order valence-electron chi connectivity index (χ0n) is 9.42. The summed E-state index contributed by atoms with van der Waals surface area (Å²) in [5.41, 5.74) is 0. The standard InChI is InChI=1S/C12H22O2/c1-3-14-12(13)10(2)9-11-7-5-4-6-8-11/h10-11H,3-9H2,1-2H3/t10-/m1/s1. The van der Waals surface area contributed by atoms with Crippen molar-refractivity contribution in [3.8, 4) is 0 Å². The smallest absolute Gasteiger partial charge is 0.308 e. The van der Waals surface area contributed by atoms with Gasteiger partial charge in [-0.3, -0.25) is 4.79 Å². The molecule has 0 aromatic carbocycles. The van der Waals surface area contributed by atoms with Crippen molar-refractivity contribution in [2.75, 3.05) is 6.61 Å². The summed E-state index contributed by atoms with van der Waals surface area (Å²) in [6.07, 6.45) is 7.72. The maximum Gasteiger partial charge on any atom is 0.308 e. The van der Waals surface area contributed by atoms with Gasteiger partial charge in [-0.2, -0.15) is 0 Å². The van der Waals surface area contributed by atoms with Crippen LogP contribution >= 0.6 is 0 Å². The quantitative estimate of drug-likeness (QED) is 0.649. The second kappa shape index (κ2) is 6.05. The van der Waals surface area contributed by atoms with Gasteiger partial charge in [0.05, 0.1) is 12.5 Å². The van der Waals surface area contributed by atoms with Crippen molar-refractivity contribution in [1.82, 2.24) is 0 Å². The molecule has 0 aromatic heterocycles. The highest BCUT2D eigenvalue weighted by atomic mass is 16.5. The fourth-order valence-corrected chi connectivity index (χ4v) is 2.30. The zero-order chi connectivity index (χ0) is 10.4. The van der Waals surface area contributed by atoms with Crippen LogP contribution in [0.25, 0.3) is 0 Å². The van der Waals surface area contributed by atoms with Gasteiger partial charge in [0.1, 0.15) is 0 Å². The number of hydrogen-bond acceptors (Lipinski definition) is 2. The first kappa shape index (κ1) is 11.5. The van der Waals surface area contributed by atoms with E-state index in [1.807, 2.05) is 13.8 Å². The molecule has 1 atom stereocenters. The Labute approximate surface area is 87.0 Å². The Bertz CT molecular complexity index is 171. The van der Waals surface area contributed by atoms with E-state index in [0.29, 0.717) is 6.61 Å². The first-order valence-corrected chi connectivity index (χ1v) is 5.90. The highest BCUT2D eigenvalue weighted by molar-refractivity contribution is 5.71. The predicted octanol–water partition coefficient (Wildman–Crippen LogP) is 3.16. The van der Waals surface area contributed by atoms with Crippen molar-refractivity contribution < 1.29 is 9.53 Å². The van der Waals surface area contributed by atoms with Crippen LogP contribution in [0.4, 0.5) is 0 Å². The molecular formula is C12H22O2. The van der Waals surface area contributed by atoms with Crippen LogP contribution in [-0.4, -0.2) is 12.6 Å². The van der Waals surface area contributed by atoms with E-state index in [9.17, 15) is 4.79 Å². The molecule has 0 aliphatic heterocycles. The fraction of sp³-hybridized carbons (Fsp3) is 0.917. The highest BCUT2D eigenvalue weighted by Gasteiger charge is 2.21. The molecule has 0 radical (unpaired) electrons. The van der Waals surface area contributed by atoms with Gasteiger partial charge in [0, 0.05) is 0 Å². The van der Waals surface area contributed by atoms with Crippen LogP contribution < -0.4 is 0 Å². The van der Waals surface area contributed by atoms with Crippen LogP contribution in [0, 0.1) is 11.8 Å². The lowest BCUT2D eigenvalue weighted by atomic mass is 9.83. The lowest BCUT2D eigenvalue weighted by Gasteiger charge is -2.23. The second-order valence-corrected chi connectivity index (χ2v) is 4.39. The van der Waals surface area contributed by atoms with Crippen LogP contribution in [-0.2, 0) is 9.53 Å². The van der Waals surface area contributed by atoms with E-state index >= 15 is 0 Å². The van der Waals surface area contributed by atoms with Gasteiger partial charge in [-0.25, -0.2) is 0 Å². The maximum absolute atomic E-state index is 11.4. The summed E-state index contributed by atoms with van der Waals surface area (Å²) < 4.78 is 5.01. The molecule has 0 saturated heterocycles. The molecule has 1 rings (SSSR count). The SMILES string of the molecule is CCOC(=O)[C@H](C)CC1CCCCC1. The molecule has 0 spiro atoms. The predicted molar refractivity (Wildman–Crippen MR) is 57.0 cm³/mol. The Kier molecular flexibility index (Phi) is 4.99. The Morgan fingerprint density at radius 1 is 1.36 bits per heavy atom. The van der Waals surface area contributed by atoms with E-state index in [1.54, 1.807) is 0 Å². The summed E-state index contributed by atoms with van der Waals surface area (Å²) >= 11 is 0. The van der Waals surface area contributed by atoms with Crippen LogP contribution in [0.15, 0.2) is 0 Å². The molecule has 0 unspecified atom stereocenters. The Morgan fingerprint density at radius 3 is 2.57 bits per heavy atom. The van der Waals surface area contributed by atoms with E-state index in [-0.39, 0.29) is 11.9 Å². The number of hydrogen-bond donors (Lipinski definition) is 0. The minimum atomic E-state index is -0.0157. The van der Waals surface area contributed by atoms with Gasteiger partial charge in [-0.1, -0.05) is 39.0 Å². The first-order chi connectivity index (χ1) is 6.74. The molecule has 2 nitrogen and oxygen atoms in total. The van der Waals surface area contributed by atoms with E-state index in [0.717, 1.165) is 12.3 Å². The van der Waals surface area contributed by atoms with Crippen molar-refractivity contribution in [3.63, 3.8) is 0 Å². The molecule has 2 heteroatoms. The van der Waals surface area contributed by atoms with Crippen LogP contribution in [0.5, 0.6) is 0 Å². The third kappa shape index (κ3) is 3.69. The lowest BCUT2D eigenvalue weighted by Crippen LogP contribution is -2.19. The van der Waals surface area contributed by atoms with E-state index in [1.165, 1.54) is 32.1 Å². The molecule has 1 aliphatic carbocycles. The molecular weight excluding hydrogens is 176 g/mol. The van der Waals surface area contributed by atoms with Crippen molar-refractivity contribution in [3.05, 3.63) is 0 Å². The van der Waals surface area contributed by atoms with Gasteiger partial charge >= 0.3 is 5.97 Å². The number of esters is 1. The topological polar surface area (TPSA) is 26.3 Å². The minimum absolute atomic E-state index is 0.0157. The highest BCUT2D eigenvalue weighted by Crippen LogP contribution is 2.29. The average molecular weight is 198 g/mol. The Balaban J connectivity index is 2.24. The van der Waals surface area contributed by atoms with Crippen LogP contribution in [0.1, 0.15) is 52.4 Å². The lowest BCUT2D eigenvalue weighted by molar-refractivity contribution is -0.148. The molecule has 0 bridgehead atoms. The largest absolute Gasteiger partial charge is 0.466 e. The summed E-state index contributed by atoms with van der Waals surface area (Å²) in [6.45, 7) is 4.37. The molecule has 82 valence electrons. The minimum Gasteiger partial charge on any atom is -0.466 e. The van der Waals surface area contributed by atoms with E-state index in [2.05, 4.69) is 0 Å². The molecule has 14 heavy (non-hydrogen) atoms. The molecule has 0 aromatic rings. The summed E-state index contributed by atoms with van der Waals surface area (Å²) in [5, 5.41) is 0. The van der Waals surface area contributed by atoms with Crippen molar-refractivity contribution >= 4 is 5.97 Å². The van der Waals surface area contributed by atoms with Gasteiger partial charge in [0.15, 0.2) is 0 Å². The summed E-state index contributed by atoms with van der Waals surface area (Å²) in [7, 11) is 0. The Hall–Kier alpha value is -0.530. The fourth-order valence-electron chi connectivity index (χ4n) is 2.30. The molecule has 0 N–H and O–H groups in total. The number of carbonyl (C=O) groups excluding carboxylic acids is 1. The molecule has 1 fully saturated rings. The van der Waals surface area contributed by atoms with Crippen molar-refractivity contribution in [2.24, 2.45) is 11.8 Å². The molecule has 1 saturated carbocycles. The molecule has 0 heterocycles. The normalized spacial score (nSPS) is 20.4. The maximum atomic E-state index is 11.4. The van der Waals surface area contributed by atoms with E-state index in [4.69, 9.17) is 4.74 Å². The summed E-state index contributed by atoms with van der Waals surface area (Å²) in [4.78, 5) is 11.4. The summed E-state index contributed by atoms with van der Waals surface area (Å²) in [6, 6.07) is 0. The molecule has 1 aliphatic rings. The van der Waals surface area contributed by atoms with Gasteiger partial charge in [-0.05, 0) is 19.3 Å². The second-order valence-electron chi connectivity index (χ2n) is 4.39.